The first kappa shape index (κ1) is 19.7. The third-order valence-electron chi connectivity index (χ3n) is 8.42. The molecule has 0 saturated heterocycles. The number of fused-ring (bicyclic) bond motifs is 6. The highest BCUT2D eigenvalue weighted by Gasteiger charge is 2.53. The third kappa shape index (κ3) is 2.49. The molecular formula is C28H35NO. The van der Waals surface area contributed by atoms with E-state index >= 15 is 0 Å². The number of rotatable bonds is 2. The van der Waals surface area contributed by atoms with Crippen LogP contribution >= 0.6 is 0 Å². The number of phenols is 1. The van der Waals surface area contributed by atoms with Gasteiger partial charge in [-0.15, -0.1) is 0 Å². The Hall–Kier alpha value is -2.22. The molecule has 0 bridgehead atoms. The second-order valence-electron chi connectivity index (χ2n) is 10.8. The lowest BCUT2D eigenvalue weighted by Gasteiger charge is -2.54. The van der Waals surface area contributed by atoms with E-state index in [9.17, 15) is 5.11 Å². The topological polar surface area (TPSA) is 36.0 Å². The zero-order valence-corrected chi connectivity index (χ0v) is 19.3. The molecular weight excluding hydrogens is 366 g/mol. The van der Waals surface area contributed by atoms with E-state index in [0.717, 1.165) is 19.3 Å². The van der Waals surface area contributed by atoms with Gasteiger partial charge in [-0.25, -0.2) is 0 Å². The van der Waals surface area contributed by atoms with Crippen molar-refractivity contribution >= 4 is 10.9 Å². The summed E-state index contributed by atoms with van der Waals surface area (Å²) in [5.74, 6) is 1.39. The Labute approximate surface area is 180 Å². The van der Waals surface area contributed by atoms with Crippen molar-refractivity contribution < 1.29 is 5.11 Å². The van der Waals surface area contributed by atoms with E-state index in [1.54, 1.807) is 0 Å². The Morgan fingerprint density at radius 2 is 1.87 bits per heavy atom. The van der Waals surface area contributed by atoms with E-state index in [-0.39, 0.29) is 10.8 Å². The van der Waals surface area contributed by atoms with Gasteiger partial charge in [0.05, 0.1) is 0 Å². The fraction of sp³-hybridized carbons (Fsp3) is 0.500. The summed E-state index contributed by atoms with van der Waals surface area (Å²) in [6.45, 7) is 14.0. The summed E-state index contributed by atoms with van der Waals surface area (Å²) >= 11 is 0. The highest BCUT2D eigenvalue weighted by Crippen LogP contribution is 2.58. The van der Waals surface area contributed by atoms with Crippen LogP contribution in [0.2, 0.25) is 0 Å². The average Bonchev–Trinajstić information content (AvgIpc) is 3.05. The molecule has 0 radical (unpaired) electrons. The molecule has 1 aromatic heterocycles. The number of benzene rings is 2. The van der Waals surface area contributed by atoms with Gasteiger partial charge in [-0.1, -0.05) is 53.7 Å². The summed E-state index contributed by atoms with van der Waals surface area (Å²) in [6.07, 6.45) is 4.38. The van der Waals surface area contributed by atoms with Crippen molar-refractivity contribution in [3.8, 4) is 5.75 Å². The molecule has 5 rings (SSSR count). The molecule has 3 aromatic rings. The molecule has 0 unspecified atom stereocenters. The first-order chi connectivity index (χ1) is 14.2. The second-order valence-corrected chi connectivity index (χ2v) is 10.8. The Kier molecular flexibility index (Phi) is 4.20. The van der Waals surface area contributed by atoms with Gasteiger partial charge in [-0.05, 0) is 83.5 Å². The number of aryl methyl sites for hydroxylation is 1. The normalized spacial score (nSPS) is 24.6. The first-order valence-electron chi connectivity index (χ1n) is 11.7. The largest absolute Gasteiger partial charge is 0.508 e. The number of hydrogen-bond donors (Lipinski definition) is 2. The monoisotopic (exact) mass is 401 g/mol. The Bertz CT molecular complexity index is 1150. The van der Waals surface area contributed by atoms with Crippen molar-refractivity contribution in [2.45, 2.75) is 84.0 Å². The van der Waals surface area contributed by atoms with Gasteiger partial charge in [0.15, 0.2) is 0 Å². The van der Waals surface area contributed by atoms with E-state index in [1.807, 2.05) is 6.07 Å². The fourth-order valence-electron chi connectivity index (χ4n) is 7.06. The van der Waals surface area contributed by atoms with Crippen LogP contribution in [0.3, 0.4) is 0 Å². The molecule has 0 aliphatic heterocycles. The molecule has 2 aliphatic rings. The van der Waals surface area contributed by atoms with Crippen LogP contribution in [0.1, 0.15) is 87.4 Å². The molecule has 158 valence electrons. The minimum absolute atomic E-state index is 0.0821. The molecule has 0 saturated carbocycles. The van der Waals surface area contributed by atoms with Gasteiger partial charge in [0, 0.05) is 27.4 Å². The van der Waals surface area contributed by atoms with Gasteiger partial charge < -0.3 is 10.1 Å². The minimum Gasteiger partial charge on any atom is -0.508 e. The van der Waals surface area contributed by atoms with Crippen molar-refractivity contribution in [2.75, 3.05) is 0 Å². The van der Waals surface area contributed by atoms with Crippen molar-refractivity contribution in [1.29, 1.82) is 0 Å². The van der Waals surface area contributed by atoms with Gasteiger partial charge >= 0.3 is 0 Å². The van der Waals surface area contributed by atoms with E-state index in [0.29, 0.717) is 17.6 Å². The minimum atomic E-state index is 0.0821. The molecule has 2 aromatic carbocycles. The smallest absolute Gasteiger partial charge is 0.119 e. The summed E-state index contributed by atoms with van der Waals surface area (Å²) in [5.41, 5.74) is 9.86. The molecule has 2 N–H and O–H groups in total. The molecule has 2 aliphatic carbocycles. The SMILES string of the molecule is CCc1ccc2[nH]c3c(c2c1)C[C@]1(C)c2ccc(O)c(C(C)C)c2CC[C@H]1C3(C)C. The van der Waals surface area contributed by atoms with Crippen LogP contribution < -0.4 is 0 Å². The molecule has 2 heteroatoms. The number of aromatic nitrogens is 1. The number of nitrogens with one attached hydrogen (secondary N) is 1. The van der Waals surface area contributed by atoms with E-state index < -0.39 is 0 Å². The molecule has 0 amide bonds. The lowest BCUT2D eigenvalue weighted by atomic mass is 9.49. The Morgan fingerprint density at radius 1 is 1.10 bits per heavy atom. The summed E-state index contributed by atoms with van der Waals surface area (Å²) in [6, 6.07) is 11.1. The number of H-pyrrole nitrogens is 1. The number of phenolic OH excluding ortho intramolecular Hbond substituents is 1. The van der Waals surface area contributed by atoms with Crippen molar-refractivity contribution in [1.82, 2.24) is 4.98 Å². The van der Waals surface area contributed by atoms with Crippen LogP contribution in [-0.4, -0.2) is 10.1 Å². The van der Waals surface area contributed by atoms with Gasteiger partial charge in [0.1, 0.15) is 5.75 Å². The molecule has 0 fully saturated rings. The Morgan fingerprint density at radius 3 is 2.57 bits per heavy atom. The van der Waals surface area contributed by atoms with Gasteiger partial charge in [0.25, 0.3) is 0 Å². The van der Waals surface area contributed by atoms with Crippen LogP contribution in [0.15, 0.2) is 30.3 Å². The van der Waals surface area contributed by atoms with Gasteiger partial charge in [0.2, 0.25) is 0 Å². The number of aromatic hydroxyl groups is 1. The molecule has 30 heavy (non-hydrogen) atoms. The Balaban J connectivity index is 1.76. The number of hydrogen-bond acceptors (Lipinski definition) is 1. The molecule has 2 atom stereocenters. The van der Waals surface area contributed by atoms with E-state index in [1.165, 1.54) is 50.8 Å². The second kappa shape index (κ2) is 6.39. The quantitative estimate of drug-likeness (QED) is 0.481. The molecule has 0 spiro atoms. The van der Waals surface area contributed by atoms with Gasteiger partial charge in [-0.3, -0.25) is 0 Å². The maximum Gasteiger partial charge on any atom is 0.119 e. The highest BCUT2D eigenvalue weighted by molar-refractivity contribution is 5.86. The summed E-state index contributed by atoms with van der Waals surface area (Å²) in [7, 11) is 0. The van der Waals surface area contributed by atoms with Crippen molar-refractivity contribution in [2.24, 2.45) is 5.92 Å². The third-order valence-corrected chi connectivity index (χ3v) is 8.42. The molecule has 1 heterocycles. The van der Waals surface area contributed by atoms with Crippen LogP contribution in [-0.2, 0) is 30.1 Å². The van der Waals surface area contributed by atoms with E-state index in [2.05, 4.69) is 70.8 Å². The number of aromatic amines is 1. The average molecular weight is 402 g/mol. The lowest BCUT2D eigenvalue weighted by molar-refractivity contribution is 0.137. The fourth-order valence-corrected chi connectivity index (χ4v) is 7.06. The first-order valence-corrected chi connectivity index (χ1v) is 11.7. The summed E-state index contributed by atoms with van der Waals surface area (Å²) in [5, 5.41) is 12.0. The van der Waals surface area contributed by atoms with E-state index in [4.69, 9.17) is 0 Å². The summed E-state index contributed by atoms with van der Waals surface area (Å²) in [4.78, 5) is 3.83. The van der Waals surface area contributed by atoms with Gasteiger partial charge in [-0.2, -0.15) is 0 Å². The van der Waals surface area contributed by atoms with Crippen molar-refractivity contribution in [3.05, 3.63) is 63.8 Å². The zero-order valence-electron chi connectivity index (χ0n) is 19.3. The highest BCUT2D eigenvalue weighted by atomic mass is 16.3. The van der Waals surface area contributed by atoms with Crippen molar-refractivity contribution in [3.63, 3.8) is 0 Å². The predicted molar refractivity (Wildman–Crippen MR) is 126 cm³/mol. The summed E-state index contributed by atoms with van der Waals surface area (Å²) < 4.78 is 0. The maximum atomic E-state index is 10.6. The maximum absolute atomic E-state index is 10.6. The standard InChI is InChI=1S/C28H35NO/c1-7-17-8-11-22-19(14-17)20-15-28(6)21-10-12-23(30)25(16(2)3)18(21)9-13-24(28)27(4,5)26(20)29-22/h8,10-12,14,16,24,29-30H,7,9,13,15H2,1-6H3/t24-,28+/m0/s1. The van der Waals surface area contributed by atoms with Crippen LogP contribution in [0.5, 0.6) is 5.75 Å². The zero-order chi connectivity index (χ0) is 21.4. The van der Waals surface area contributed by atoms with Crippen LogP contribution in [0.4, 0.5) is 0 Å². The molecule has 2 nitrogen and oxygen atoms in total. The predicted octanol–water partition coefficient (Wildman–Crippen LogP) is 6.91. The van der Waals surface area contributed by atoms with Crippen LogP contribution in [0, 0.1) is 5.92 Å². The van der Waals surface area contributed by atoms with Crippen LogP contribution in [0.25, 0.3) is 10.9 Å². The lowest BCUT2D eigenvalue weighted by Crippen LogP contribution is -2.51.